The van der Waals surface area contributed by atoms with Crippen LogP contribution in [0.5, 0.6) is 5.75 Å². The number of nitrogens with one attached hydrogen (secondary N) is 1. The zero-order chi connectivity index (χ0) is 23.4. The maximum Gasteiger partial charge on any atom is 0.336 e. The summed E-state index contributed by atoms with van der Waals surface area (Å²) in [7, 11) is 0. The molecule has 33 heavy (non-hydrogen) atoms. The highest BCUT2D eigenvalue weighted by atomic mass is 16.5. The second kappa shape index (κ2) is 9.40. The van der Waals surface area contributed by atoms with Gasteiger partial charge in [0.25, 0.3) is 5.91 Å². The van der Waals surface area contributed by atoms with E-state index in [1.165, 1.54) is 13.0 Å². The van der Waals surface area contributed by atoms with Crippen LogP contribution in [0, 0.1) is 0 Å². The van der Waals surface area contributed by atoms with E-state index in [9.17, 15) is 19.5 Å². The van der Waals surface area contributed by atoms with Gasteiger partial charge in [0.2, 0.25) is 0 Å². The molecule has 4 rings (SSSR count). The van der Waals surface area contributed by atoms with Crippen molar-refractivity contribution in [2.24, 2.45) is 0 Å². The number of carboxylic acid groups (broad SMARTS) is 1. The van der Waals surface area contributed by atoms with Crippen LogP contribution in [0.3, 0.4) is 0 Å². The Balaban J connectivity index is 1.55. The third kappa shape index (κ3) is 4.93. The van der Waals surface area contributed by atoms with E-state index >= 15 is 0 Å². The normalized spacial score (nSPS) is 12.6. The number of amides is 1. The molecule has 0 spiro atoms. The molecule has 1 heterocycles. The minimum Gasteiger partial charge on any atom is -0.481 e. The van der Waals surface area contributed by atoms with Gasteiger partial charge in [-0.05, 0) is 35.7 Å². The van der Waals surface area contributed by atoms with Crippen molar-refractivity contribution in [3.05, 3.63) is 101 Å². The number of carbonyl (C=O) groups excluding carboxylic acids is 1. The zero-order valence-electron chi connectivity index (χ0n) is 17.7. The standard InChI is InChI=1S/C26H21NO6/c1-16(25(29)27-24(26(30)31)18-10-6-3-7-11-18)32-19-12-13-20-21(17-8-4-2-5-9-17)15-23(28)33-22(20)14-19/h2-16,24H,1H3,(H,27,29)(H,30,31)/t16?,24-/m1/s1. The molecule has 2 atom stereocenters. The van der Waals surface area contributed by atoms with Gasteiger partial charge in [-0.1, -0.05) is 60.7 Å². The fraction of sp³-hybridized carbons (Fsp3) is 0.115. The van der Waals surface area contributed by atoms with Gasteiger partial charge in [-0.3, -0.25) is 4.79 Å². The topological polar surface area (TPSA) is 106 Å². The Morgan fingerprint density at radius 2 is 1.61 bits per heavy atom. The van der Waals surface area contributed by atoms with Gasteiger partial charge in [0, 0.05) is 17.5 Å². The van der Waals surface area contributed by atoms with Gasteiger partial charge in [0.15, 0.2) is 12.1 Å². The first kappa shape index (κ1) is 21.8. The SMILES string of the molecule is CC(Oc1ccc2c(-c3ccccc3)cc(=O)oc2c1)C(=O)N[C@@H](C(=O)O)c1ccccc1. The van der Waals surface area contributed by atoms with Gasteiger partial charge in [0.05, 0.1) is 0 Å². The van der Waals surface area contributed by atoms with Gasteiger partial charge in [-0.25, -0.2) is 9.59 Å². The van der Waals surface area contributed by atoms with Crippen LogP contribution < -0.4 is 15.7 Å². The van der Waals surface area contributed by atoms with Crippen LogP contribution in [-0.4, -0.2) is 23.1 Å². The van der Waals surface area contributed by atoms with Crippen molar-refractivity contribution in [3.63, 3.8) is 0 Å². The maximum atomic E-state index is 12.6. The number of rotatable bonds is 7. The second-order valence-electron chi connectivity index (χ2n) is 7.45. The lowest BCUT2D eigenvalue weighted by Gasteiger charge is -2.19. The highest BCUT2D eigenvalue weighted by molar-refractivity contribution is 5.94. The number of ether oxygens (including phenoxy) is 1. The number of benzene rings is 3. The Morgan fingerprint density at radius 1 is 0.939 bits per heavy atom. The smallest absolute Gasteiger partial charge is 0.336 e. The van der Waals surface area contributed by atoms with E-state index < -0.39 is 29.6 Å². The van der Waals surface area contributed by atoms with E-state index in [4.69, 9.17) is 9.15 Å². The van der Waals surface area contributed by atoms with Gasteiger partial charge < -0.3 is 19.6 Å². The fourth-order valence-corrected chi connectivity index (χ4v) is 3.52. The Morgan fingerprint density at radius 3 is 2.27 bits per heavy atom. The lowest BCUT2D eigenvalue weighted by atomic mass is 10.0. The number of hydrogen-bond acceptors (Lipinski definition) is 5. The number of aliphatic carboxylic acids is 1. The summed E-state index contributed by atoms with van der Waals surface area (Å²) in [6.07, 6.45) is -0.989. The Hall–Kier alpha value is -4.39. The van der Waals surface area contributed by atoms with Crippen molar-refractivity contribution in [1.29, 1.82) is 0 Å². The van der Waals surface area contributed by atoms with Crippen molar-refractivity contribution in [3.8, 4) is 16.9 Å². The highest BCUT2D eigenvalue weighted by Crippen LogP contribution is 2.30. The van der Waals surface area contributed by atoms with Gasteiger partial charge >= 0.3 is 11.6 Å². The molecule has 3 aromatic carbocycles. The third-order valence-electron chi connectivity index (χ3n) is 5.15. The average Bonchev–Trinajstić information content (AvgIpc) is 2.82. The van der Waals surface area contributed by atoms with Crippen LogP contribution in [-0.2, 0) is 9.59 Å². The van der Waals surface area contributed by atoms with E-state index in [0.29, 0.717) is 16.9 Å². The Labute approximate surface area is 189 Å². The molecule has 1 aromatic heterocycles. The summed E-state index contributed by atoms with van der Waals surface area (Å²) in [4.78, 5) is 36.4. The lowest BCUT2D eigenvalue weighted by Crippen LogP contribution is -2.41. The molecule has 1 unspecified atom stereocenters. The maximum absolute atomic E-state index is 12.6. The monoisotopic (exact) mass is 443 g/mol. The van der Waals surface area contributed by atoms with E-state index in [2.05, 4.69) is 5.32 Å². The second-order valence-corrected chi connectivity index (χ2v) is 7.45. The molecule has 166 valence electrons. The Bertz CT molecular complexity index is 1350. The quantitative estimate of drug-likeness (QED) is 0.415. The molecular formula is C26H21NO6. The molecule has 0 aliphatic carbocycles. The molecule has 7 nitrogen and oxygen atoms in total. The first-order valence-electron chi connectivity index (χ1n) is 10.3. The molecule has 0 radical (unpaired) electrons. The summed E-state index contributed by atoms with van der Waals surface area (Å²) in [6, 6.07) is 23.1. The zero-order valence-corrected chi connectivity index (χ0v) is 17.7. The fourth-order valence-electron chi connectivity index (χ4n) is 3.52. The van der Waals surface area contributed by atoms with Gasteiger partial charge in [0.1, 0.15) is 11.3 Å². The highest BCUT2D eigenvalue weighted by Gasteiger charge is 2.25. The molecule has 2 N–H and O–H groups in total. The van der Waals surface area contributed by atoms with Crippen molar-refractivity contribution < 1.29 is 23.8 Å². The van der Waals surface area contributed by atoms with E-state index in [1.807, 2.05) is 30.3 Å². The van der Waals surface area contributed by atoms with Crippen LogP contribution in [0.4, 0.5) is 0 Å². The van der Waals surface area contributed by atoms with Crippen molar-refractivity contribution in [2.45, 2.75) is 19.1 Å². The summed E-state index contributed by atoms with van der Waals surface area (Å²) in [5.41, 5.74) is 1.87. The van der Waals surface area contributed by atoms with E-state index in [0.717, 1.165) is 16.5 Å². The van der Waals surface area contributed by atoms with E-state index in [-0.39, 0.29) is 0 Å². The molecular weight excluding hydrogens is 422 g/mol. The van der Waals surface area contributed by atoms with Crippen molar-refractivity contribution in [1.82, 2.24) is 5.32 Å². The summed E-state index contributed by atoms with van der Waals surface area (Å²) in [6.45, 7) is 1.51. The lowest BCUT2D eigenvalue weighted by molar-refractivity contribution is -0.143. The Kier molecular flexibility index (Phi) is 6.22. The summed E-state index contributed by atoms with van der Waals surface area (Å²) >= 11 is 0. The predicted octanol–water partition coefficient (Wildman–Crippen LogP) is 4.17. The first-order chi connectivity index (χ1) is 15.9. The van der Waals surface area contributed by atoms with Crippen LogP contribution in [0.2, 0.25) is 0 Å². The molecule has 0 saturated carbocycles. The molecule has 0 bridgehead atoms. The minimum atomic E-state index is -1.20. The summed E-state index contributed by atoms with van der Waals surface area (Å²) in [5, 5.41) is 12.7. The molecule has 0 saturated heterocycles. The van der Waals surface area contributed by atoms with Crippen LogP contribution in [0.15, 0.2) is 94.1 Å². The number of carbonyl (C=O) groups is 2. The van der Waals surface area contributed by atoms with Crippen molar-refractivity contribution in [2.75, 3.05) is 0 Å². The molecule has 1 amide bonds. The largest absolute Gasteiger partial charge is 0.481 e. The van der Waals surface area contributed by atoms with Crippen LogP contribution >= 0.6 is 0 Å². The summed E-state index contributed by atoms with van der Waals surface area (Å²) in [5.74, 6) is -1.46. The predicted molar refractivity (Wildman–Crippen MR) is 123 cm³/mol. The molecule has 0 aliphatic rings. The van der Waals surface area contributed by atoms with Crippen molar-refractivity contribution >= 4 is 22.8 Å². The van der Waals surface area contributed by atoms with E-state index in [1.54, 1.807) is 48.5 Å². The molecule has 0 fully saturated rings. The van der Waals surface area contributed by atoms with Crippen LogP contribution in [0.25, 0.3) is 22.1 Å². The third-order valence-corrected chi connectivity index (χ3v) is 5.15. The average molecular weight is 443 g/mol. The number of carboxylic acids is 1. The van der Waals surface area contributed by atoms with Gasteiger partial charge in [-0.2, -0.15) is 0 Å². The minimum absolute atomic E-state index is 0.310. The number of fused-ring (bicyclic) bond motifs is 1. The van der Waals surface area contributed by atoms with Crippen LogP contribution in [0.1, 0.15) is 18.5 Å². The number of hydrogen-bond donors (Lipinski definition) is 2. The summed E-state index contributed by atoms with van der Waals surface area (Å²) < 4.78 is 11.1. The first-order valence-corrected chi connectivity index (χ1v) is 10.3. The molecule has 4 aromatic rings. The molecule has 7 heteroatoms. The molecule has 0 aliphatic heterocycles. The van der Waals surface area contributed by atoms with Gasteiger partial charge in [-0.15, -0.1) is 0 Å².